The Morgan fingerprint density at radius 3 is 2.53 bits per heavy atom. The van der Waals surface area contributed by atoms with E-state index < -0.39 is 0 Å². The maximum absolute atomic E-state index is 11.5. The number of anilines is 2. The summed E-state index contributed by atoms with van der Waals surface area (Å²) in [7, 11) is 0. The lowest BCUT2D eigenvalue weighted by molar-refractivity contribution is -0.116. The highest BCUT2D eigenvalue weighted by molar-refractivity contribution is 5.89. The maximum Gasteiger partial charge on any atom is 0.225 e. The summed E-state index contributed by atoms with van der Waals surface area (Å²) in [5, 5.41) is 11.1. The van der Waals surface area contributed by atoms with Gasteiger partial charge in [0, 0.05) is 19.5 Å². The van der Waals surface area contributed by atoms with Gasteiger partial charge in [-0.05, 0) is 31.4 Å². The standard InChI is InChI=1S/C14H22N4O/c1-2-7-14(19)15-12-8-9-13(17-16-12)18-10-5-3-4-6-11-18/h8-9H,2-7,10-11H2,1H3,(H,15,16,19). The van der Waals surface area contributed by atoms with Gasteiger partial charge in [0.15, 0.2) is 11.6 Å². The lowest BCUT2D eigenvalue weighted by Crippen LogP contribution is -2.25. The molecule has 5 nitrogen and oxygen atoms in total. The van der Waals surface area contributed by atoms with Crippen LogP contribution in [0.25, 0.3) is 0 Å². The zero-order valence-corrected chi connectivity index (χ0v) is 11.6. The van der Waals surface area contributed by atoms with Crippen LogP contribution in [0.1, 0.15) is 45.4 Å². The third-order valence-electron chi connectivity index (χ3n) is 3.33. The first-order chi connectivity index (χ1) is 9.29. The fraction of sp³-hybridized carbons (Fsp3) is 0.643. The van der Waals surface area contributed by atoms with Gasteiger partial charge in [0.25, 0.3) is 0 Å². The van der Waals surface area contributed by atoms with Gasteiger partial charge in [-0.2, -0.15) is 0 Å². The van der Waals surface area contributed by atoms with E-state index in [9.17, 15) is 4.79 Å². The van der Waals surface area contributed by atoms with Gasteiger partial charge in [0.1, 0.15) is 0 Å². The van der Waals surface area contributed by atoms with Crippen LogP contribution >= 0.6 is 0 Å². The molecule has 0 atom stereocenters. The molecule has 0 unspecified atom stereocenters. The second kappa shape index (κ2) is 7.07. The molecule has 0 saturated carbocycles. The maximum atomic E-state index is 11.5. The molecule has 104 valence electrons. The number of aromatic nitrogens is 2. The van der Waals surface area contributed by atoms with E-state index in [0.29, 0.717) is 12.2 Å². The highest BCUT2D eigenvalue weighted by atomic mass is 16.1. The monoisotopic (exact) mass is 262 g/mol. The van der Waals surface area contributed by atoms with E-state index in [4.69, 9.17) is 0 Å². The van der Waals surface area contributed by atoms with Crippen molar-refractivity contribution in [3.63, 3.8) is 0 Å². The third-order valence-corrected chi connectivity index (χ3v) is 3.33. The fourth-order valence-electron chi connectivity index (χ4n) is 2.29. The number of hydrogen-bond donors (Lipinski definition) is 1. The van der Waals surface area contributed by atoms with Gasteiger partial charge in [0.05, 0.1) is 0 Å². The summed E-state index contributed by atoms with van der Waals surface area (Å²) in [6.45, 7) is 4.08. The van der Waals surface area contributed by atoms with E-state index in [1.54, 1.807) is 0 Å². The van der Waals surface area contributed by atoms with Gasteiger partial charge in [-0.25, -0.2) is 0 Å². The summed E-state index contributed by atoms with van der Waals surface area (Å²) in [6.07, 6.45) is 6.40. The van der Waals surface area contributed by atoms with Crippen LogP contribution in [0.4, 0.5) is 11.6 Å². The van der Waals surface area contributed by atoms with Crippen molar-refractivity contribution < 1.29 is 4.79 Å². The van der Waals surface area contributed by atoms with Crippen molar-refractivity contribution in [2.24, 2.45) is 0 Å². The molecule has 0 bridgehead atoms. The highest BCUT2D eigenvalue weighted by Crippen LogP contribution is 2.17. The average Bonchev–Trinajstić information content (AvgIpc) is 2.69. The molecule has 1 aromatic heterocycles. The lowest BCUT2D eigenvalue weighted by atomic mass is 10.2. The van der Waals surface area contributed by atoms with Crippen molar-refractivity contribution in [2.45, 2.75) is 45.4 Å². The predicted molar refractivity (Wildman–Crippen MR) is 76.3 cm³/mol. The van der Waals surface area contributed by atoms with Gasteiger partial charge in [-0.15, -0.1) is 10.2 Å². The van der Waals surface area contributed by atoms with Crippen LogP contribution in [0.15, 0.2) is 12.1 Å². The molecule has 0 radical (unpaired) electrons. The summed E-state index contributed by atoms with van der Waals surface area (Å²) in [5.41, 5.74) is 0. The Balaban J connectivity index is 1.95. The number of rotatable bonds is 4. The molecule has 19 heavy (non-hydrogen) atoms. The summed E-state index contributed by atoms with van der Waals surface area (Å²) in [4.78, 5) is 13.7. The van der Waals surface area contributed by atoms with Crippen molar-refractivity contribution in [1.82, 2.24) is 10.2 Å². The zero-order chi connectivity index (χ0) is 13.5. The van der Waals surface area contributed by atoms with Crippen LogP contribution in [0.2, 0.25) is 0 Å². The number of amides is 1. The molecular weight excluding hydrogens is 240 g/mol. The minimum absolute atomic E-state index is 0.000627. The summed E-state index contributed by atoms with van der Waals surface area (Å²) < 4.78 is 0. The molecule has 0 spiro atoms. The predicted octanol–water partition coefficient (Wildman–Crippen LogP) is 2.60. The SMILES string of the molecule is CCCC(=O)Nc1ccc(N2CCCCCC2)nn1. The molecule has 2 heterocycles. The molecule has 1 aliphatic rings. The Morgan fingerprint density at radius 2 is 1.95 bits per heavy atom. The number of hydrogen-bond acceptors (Lipinski definition) is 4. The molecule has 0 aromatic carbocycles. The van der Waals surface area contributed by atoms with Crippen LogP contribution in [-0.4, -0.2) is 29.2 Å². The normalized spacial score (nSPS) is 15.9. The topological polar surface area (TPSA) is 58.1 Å². The van der Waals surface area contributed by atoms with Crippen LogP contribution in [0.5, 0.6) is 0 Å². The van der Waals surface area contributed by atoms with E-state index >= 15 is 0 Å². The third kappa shape index (κ3) is 4.19. The number of carbonyl (C=O) groups is 1. The minimum atomic E-state index is -0.000627. The summed E-state index contributed by atoms with van der Waals surface area (Å²) >= 11 is 0. The molecule has 1 amide bonds. The Kier molecular flexibility index (Phi) is 5.12. The van der Waals surface area contributed by atoms with Gasteiger partial charge in [-0.1, -0.05) is 19.8 Å². The van der Waals surface area contributed by atoms with Gasteiger partial charge < -0.3 is 10.2 Å². The van der Waals surface area contributed by atoms with E-state index in [1.165, 1.54) is 25.7 Å². The lowest BCUT2D eigenvalue weighted by Gasteiger charge is -2.20. The molecule has 1 N–H and O–H groups in total. The number of nitrogens with zero attached hydrogens (tertiary/aromatic N) is 3. The largest absolute Gasteiger partial charge is 0.355 e. The molecule has 0 aliphatic carbocycles. The molecule has 1 fully saturated rings. The smallest absolute Gasteiger partial charge is 0.225 e. The molecule has 1 aromatic rings. The molecule has 1 aliphatic heterocycles. The van der Waals surface area contributed by atoms with Crippen LogP contribution in [-0.2, 0) is 4.79 Å². The van der Waals surface area contributed by atoms with Crippen LogP contribution in [0.3, 0.4) is 0 Å². The number of nitrogens with one attached hydrogen (secondary N) is 1. The summed E-state index contributed by atoms with van der Waals surface area (Å²) in [6, 6.07) is 3.78. The van der Waals surface area contributed by atoms with Crippen molar-refractivity contribution in [2.75, 3.05) is 23.3 Å². The van der Waals surface area contributed by atoms with E-state index in [2.05, 4.69) is 20.4 Å². The van der Waals surface area contributed by atoms with Crippen molar-refractivity contribution in [3.8, 4) is 0 Å². The highest BCUT2D eigenvalue weighted by Gasteiger charge is 2.11. The Morgan fingerprint density at radius 1 is 1.21 bits per heavy atom. The zero-order valence-electron chi connectivity index (χ0n) is 11.6. The van der Waals surface area contributed by atoms with Crippen LogP contribution < -0.4 is 10.2 Å². The molecule has 2 rings (SSSR count). The van der Waals surface area contributed by atoms with E-state index in [0.717, 1.165) is 25.3 Å². The second-order valence-corrected chi connectivity index (χ2v) is 4.98. The first-order valence-electron chi connectivity index (χ1n) is 7.18. The fourth-order valence-corrected chi connectivity index (χ4v) is 2.29. The van der Waals surface area contributed by atoms with Crippen molar-refractivity contribution in [3.05, 3.63) is 12.1 Å². The molecule has 1 saturated heterocycles. The van der Waals surface area contributed by atoms with Gasteiger partial charge in [-0.3, -0.25) is 4.79 Å². The Labute approximate surface area is 114 Å². The Bertz CT molecular complexity index is 396. The van der Waals surface area contributed by atoms with Crippen LogP contribution in [0, 0.1) is 0 Å². The average molecular weight is 262 g/mol. The second-order valence-electron chi connectivity index (χ2n) is 4.98. The van der Waals surface area contributed by atoms with Gasteiger partial charge in [0.2, 0.25) is 5.91 Å². The number of carbonyl (C=O) groups excluding carboxylic acids is 1. The van der Waals surface area contributed by atoms with Crippen molar-refractivity contribution >= 4 is 17.5 Å². The Hall–Kier alpha value is -1.65. The minimum Gasteiger partial charge on any atom is -0.355 e. The quantitative estimate of drug-likeness (QED) is 0.906. The molecular formula is C14H22N4O. The first-order valence-corrected chi connectivity index (χ1v) is 7.18. The molecule has 5 heteroatoms. The summed E-state index contributed by atoms with van der Waals surface area (Å²) in [5.74, 6) is 1.45. The van der Waals surface area contributed by atoms with E-state index in [-0.39, 0.29) is 5.91 Å². The van der Waals surface area contributed by atoms with Crippen molar-refractivity contribution in [1.29, 1.82) is 0 Å². The van der Waals surface area contributed by atoms with E-state index in [1.807, 2.05) is 19.1 Å². The van der Waals surface area contributed by atoms with Gasteiger partial charge >= 0.3 is 0 Å². The first kappa shape index (κ1) is 13.8.